The van der Waals surface area contributed by atoms with Crippen LogP contribution in [0, 0.1) is 13.8 Å². The molecule has 2 heterocycles. The van der Waals surface area contributed by atoms with Gasteiger partial charge >= 0.3 is 0 Å². The predicted molar refractivity (Wildman–Crippen MR) is 80.8 cm³/mol. The van der Waals surface area contributed by atoms with Crippen LogP contribution in [0.2, 0.25) is 0 Å². The first-order valence-electron chi connectivity index (χ1n) is 6.58. The van der Waals surface area contributed by atoms with Crippen LogP contribution < -0.4 is 5.32 Å². The van der Waals surface area contributed by atoms with Crippen molar-refractivity contribution < 1.29 is 0 Å². The first kappa shape index (κ1) is 15.9. The lowest BCUT2D eigenvalue weighted by atomic mass is 10.2. The van der Waals surface area contributed by atoms with E-state index in [1.807, 2.05) is 11.3 Å². The molecule has 1 saturated heterocycles. The molecule has 0 saturated carbocycles. The molecule has 1 aromatic heterocycles. The van der Waals surface area contributed by atoms with Gasteiger partial charge in [-0.2, -0.15) is 0 Å². The van der Waals surface area contributed by atoms with Gasteiger partial charge in [0.05, 0.1) is 10.7 Å². The zero-order chi connectivity index (χ0) is 12.3. The molecule has 1 N–H and O–H groups in total. The number of halogens is 1. The molecule has 1 fully saturated rings. The average molecular weight is 290 g/mol. The topological polar surface area (TPSA) is 28.2 Å². The maximum Gasteiger partial charge on any atom is 0.0900 e. The molecule has 1 aliphatic heterocycles. The minimum absolute atomic E-state index is 0. The van der Waals surface area contributed by atoms with Crippen LogP contribution >= 0.6 is 23.7 Å². The van der Waals surface area contributed by atoms with Crippen LogP contribution in [0.1, 0.15) is 35.3 Å². The Morgan fingerprint density at radius 3 is 2.72 bits per heavy atom. The summed E-state index contributed by atoms with van der Waals surface area (Å²) in [5.74, 6) is 0. The Hall–Kier alpha value is -0.160. The molecule has 5 heteroatoms. The van der Waals surface area contributed by atoms with Crippen molar-refractivity contribution in [1.29, 1.82) is 0 Å². The molecule has 18 heavy (non-hydrogen) atoms. The fourth-order valence-corrected chi connectivity index (χ4v) is 3.50. The highest BCUT2D eigenvalue weighted by atomic mass is 35.5. The lowest BCUT2D eigenvalue weighted by Gasteiger charge is -2.27. The van der Waals surface area contributed by atoms with Crippen LogP contribution in [-0.4, -0.2) is 35.6 Å². The van der Waals surface area contributed by atoms with Gasteiger partial charge in [-0.3, -0.25) is 4.90 Å². The van der Waals surface area contributed by atoms with Crippen molar-refractivity contribution in [3.05, 3.63) is 15.6 Å². The normalized spacial score (nSPS) is 19.2. The largest absolute Gasteiger partial charge is 0.315 e. The molecule has 3 nitrogen and oxygen atoms in total. The van der Waals surface area contributed by atoms with Gasteiger partial charge in [0.25, 0.3) is 0 Å². The first-order chi connectivity index (χ1) is 8.20. The second-order valence-electron chi connectivity index (χ2n) is 4.86. The molecule has 0 radical (unpaired) electrons. The van der Waals surface area contributed by atoms with Gasteiger partial charge in [0, 0.05) is 24.0 Å². The zero-order valence-corrected chi connectivity index (χ0v) is 13.2. The van der Waals surface area contributed by atoms with Crippen LogP contribution in [0.25, 0.3) is 0 Å². The van der Waals surface area contributed by atoms with Crippen molar-refractivity contribution in [3.8, 4) is 0 Å². The van der Waals surface area contributed by atoms with Crippen LogP contribution in [0.5, 0.6) is 0 Å². The molecule has 1 aromatic rings. The lowest BCUT2D eigenvalue weighted by Crippen LogP contribution is -2.36. The second-order valence-corrected chi connectivity index (χ2v) is 6.15. The standard InChI is InChI=1S/C13H23N3S.ClH/c1-4-7-16(12-5-6-14-8-12)9-13-10(2)15-11(3)17-13;/h12,14H,4-9H2,1-3H3;1H. The maximum atomic E-state index is 4.53. The first-order valence-corrected chi connectivity index (χ1v) is 7.40. The molecule has 0 aliphatic carbocycles. The number of hydrogen-bond acceptors (Lipinski definition) is 4. The average Bonchev–Trinajstić information content (AvgIpc) is 2.88. The van der Waals surface area contributed by atoms with Gasteiger partial charge in [-0.25, -0.2) is 4.98 Å². The number of aryl methyl sites for hydroxylation is 2. The van der Waals surface area contributed by atoms with Crippen LogP contribution in [0.3, 0.4) is 0 Å². The van der Waals surface area contributed by atoms with E-state index in [0.29, 0.717) is 0 Å². The minimum Gasteiger partial charge on any atom is -0.315 e. The zero-order valence-electron chi connectivity index (χ0n) is 11.5. The quantitative estimate of drug-likeness (QED) is 0.903. The van der Waals surface area contributed by atoms with Crippen LogP contribution in [0.4, 0.5) is 0 Å². The molecule has 1 unspecified atom stereocenters. The Morgan fingerprint density at radius 1 is 1.44 bits per heavy atom. The summed E-state index contributed by atoms with van der Waals surface area (Å²) in [4.78, 5) is 8.60. The van der Waals surface area contributed by atoms with Gasteiger partial charge in [-0.1, -0.05) is 6.92 Å². The van der Waals surface area contributed by atoms with Crippen molar-refractivity contribution >= 4 is 23.7 Å². The number of thiazole rings is 1. The highest BCUT2D eigenvalue weighted by molar-refractivity contribution is 7.11. The molecule has 0 amide bonds. The Balaban J connectivity index is 0.00000162. The fraction of sp³-hybridized carbons (Fsp3) is 0.769. The van der Waals surface area contributed by atoms with Crippen molar-refractivity contribution in [1.82, 2.24) is 15.2 Å². The maximum absolute atomic E-state index is 4.53. The van der Waals surface area contributed by atoms with Gasteiger partial charge in [-0.05, 0) is 39.8 Å². The van der Waals surface area contributed by atoms with E-state index in [0.717, 1.165) is 19.1 Å². The van der Waals surface area contributed by atoms with Crippen LogP contribution in [0.15, 0.2) is 0 Å². The molecular formula is C13H24ClN3S. The summed E-state index contributed by atoms with van der Waals surface area (Å²) in [6.07, 6.45) is 2.52. The summed E-state index contributed by atoms with van der Waals surface area (Å²) >= 11 is 1.85. The molecule has 2 rings (SSSR count). The summed E-state index contributed by atoms with van der Waals surface area (Å²) < 4.78 is 0. The Labute approximate surface area is 120 Å². The van der Waals surface area contributed by atoms with E-state index in [2.05, 4.69) is 36.0 Å². The summed E-state index contributed by atoms with van der Waals surface area (Å²) in [6, 6.07) is 0.719. The van der Waals surface area contributed by atoms with E-state index < -0.39 is 0 Å². The van der Waals surface area contributed by atoms with E-state index in [9.17, 15) is 0 Å². The third kappa shape index (κ3) is 3.92. The Bertz CT molecular complexity index is 361. The molecule has 1 atom stereocenters. The summed E-state index contributed by atoms with van der Waals surface area (Å²) in [6.45, 7) is 11.1. The van der Waals surface area contributed by atoms with Crippen molar-refractivity contribution in [3.63, 3.8) is 0 Å². The number of hydrogen-bond donors (Lipinski definition) is 1. The third-order valence-corrected chi connectivity index (χ3v) is 4.47. The number of nitrogens with one attached hydrogen (secondary N) is 1. The molecule has 0 spiro atoms. The summed E-state index contributed by atoms with van der Waals surface area (Å²) in [7, 11) is 0. The SMILES string of the molecule is CCCN(Cc1sc(C)nc1C)C1CCNC1.Cl. The highest BCUT2D eigenvalue weighted by Crippen LogP contribution is 2.21. The van der Waals surface area contributed by atoms with E-state index in [4.69, 9.17) is 0 Å². The molecule has 104 valence electrons. The monoisotopic (exact) mass is 289 g/mol. The molecular weight excluding hydrogens is 266 g/mol. The summed E-state index contributed by atoms with van der Waals surface area (Å²) in [5, 5.41) is 4.66. The van der Waals surface area contributed by atoms with E-state index in [-0.39, 0.29) is 12.4 Å². The minimum atomic E-state index is 0. The van der Waals surface area contributed by atoms with Crippen molar-refractivity contribution in [2.75, 3.05) is 19.6 Å². The Kier molecular flexibility index (Phi) is 6.57. The van der Waals surface area contributed by atoms with Gasteiger partial charge in [0.15, 0.2) is 0 Å². The molecule has 0 bridgehead atoms. The number of rotatable bonds is 5. The number of nitrogens with zero attached hydrogens (tertiary/aromatic N) is 2. The Morgan fingerprint density at radius 2 is 2.22 bits per heavy atom. The fourth-order valence-electron chi connectivity index (χ4n) is 2.53. The van der Waals surface area contributed by atoms with Crippen LogP contribution in [-0.2, 0) is 6.54 Å². The molecule has 0 aromatic carbocycles. The van der Waals surface area contributed by atoms with Gasteiger partial charge in [0.2, 0.25) is 0 Å². The van der Waals surface area contributed by atoms with Crippen molar-refractivity contribution in [2.24, 2.45) is 0 Å². The molecule has 1 aliphatic rings. The number of aromatic nitrogens is 1. The lowest BCUT2D eigenvalue weighted by molar-refractivity contribution is 0.201. The van der Waals surface area contributed by atoms with Gasteiger partial charge in [0.1, 0.15) is 0 Å². The van der Waals surface area contributed by atoms with Gasteiger partial charge < -0.3 is 5.32 Å². The van der Waals surface area contributed by atoms with Crippen molar-refractivity contribution in [2.45, 2.75) is 46.2 Å². The van der Waals surface area contributed by atoms with E-state index in [1.54, 1.807) is 0 Å². The van der Waals surface area contributed by atoms with Gasteiger partial charge in [-0.15, -0.1) is 23.7 Å². The third-order valence-electron chi connectivity index (χ3n) is 3.41. The highest BCUT2D eigenvalue weighted by Gasteiger charge is 2.22. The predicted octanol–water partition coefficient (Wildman–Crippen LogP) is 2.76. The van der Waals surface area contributed by atoms with E-state index >= 15 is 0 Å². The smallest absolute Gasteiger partial charge is 0.0900 e. The second kappa shape index (κ2) is 7.43. The van der Waals surface area contributed by atoms with E-state index in [1.165, 1.54) is 41.5 Å². The summed E-state index contributed by atoms with van der Waals surface area (Å²) in [5.41, 5.74) is 1.22.